The van der Waals surface area contributed by atoms with Gasteiger partial charge in [-0.15, -0.1) is 0 Å². The molecule has 2 rings (SSSR count). The number of hydrogen-bond acceptors (Lipinski definition) is 2. The van der Waals surface area contributed by atoms with Crippen molar-refractivity contribution in [3.63, 3.8) is 0 Å². The van der Waals surface area contributed by atoms with E-state index in [4.69, 9.17) is 5.73 Å². The van der Waals surface area contributed by atoms with E-state index in [0.29, 0.717) is 0 Å². The first kappa shape index (κ1) is 10.9. The maximum absolute atomic E-state index is 6.08. The molecule has 1 unspecified atom stereocenters. The lowest BCUT2D eigenvalue weighted by Crippen LogP contribution is -2.15. The number of aromatic nitrogens is 2. The summed E-state index contributed by atoms with van der Waals surface area (Å²) in [6.45, 7) is 4.21. The van der Waals surface area contributed by atoms with Gasteiger partial charge in [0.15, 0.2) is 0 Å². The lowest BCUT2D eigenvalue weighted by molar-refractivity contribution is 0.677. The Bertz CT molecular complexity index is 440. The number of H-pyrrole nitrogens is 1. The Morgan fingerprint density at radius 1 is 1.25 bits per heavy atom. The fraction of sp³-hybridized carbons (Fsp3) is 0.308. The molecule has 0 aliphatic rings. The van der Waals surface area contributed by atoms with E-state index < -0.39 is 0 Å². The molecule has 0 saturated carbocycles. The smallest absolute Gasteiger partial charge is 0.123 e. The van der Waals surface area contributed by atoms with Crippen molar-refractivity contribution in [3.05, 3.63) is 53.1 Å². The van der Waals surface area contributed by atoms with Gasteiger partial charge in [-0.05, 0) is 25.8 Å². The molecular formula is C13H17N3. The zero-order valence-electron chi connectivity index (χ0n) is 9.70. The summed E-state index contributed by atoms with van der Waals surface area (Å²) in [6, 6.07) is 6.46. The van der Waals surface area contributed by atoms with Crippen LogP contribution in [-0.2, 0) is 6.42 Å². The van der Waals surface area contributed by atoms with Gasteiger partial charge in [-0.25, -0.2) is 4.98 Å². The highest BCUT2D eigenvalue weighted by atomic mass is 14.9. The molecule has 3 heteroatoms. The van der Waals surface area contributed by atoms with Gasteiger partial charge < -0.3 is 10.7 Å². The zero-order chi connectivity index (χ0) is 11.5. The van der Waals surface area contributed by atoms with Crippen LogP contribution in [0.4, 0.5) is 0 Å². The van der Waals surface area contributed by atoms with Crippen LogP contribution in [0.5, 0.6) is 0 Å². The van der Waals surface area contributed by atoms with Crippen LogP contribution in [0.25, 0.3) is 0 Å². The Hall–Kier alpha value is -1.61. The first-order valence-corrected chi connectivity index (χ1v) is 5.47. The molecule has 16 heavy (non-hydrogen) atoms. The van der Waals surface area contributed by atoms with E-state index in [1.165, 1.54) is 16.7 Å². The summed E-state index contributed by atoms with van der Waals surface area (Å²) < 4.78 is 0. The number of hydrogen-bond donors (Lipinski definition) is 2. The molecule has 1 aromatic carbocycles. The van der Waals surface area contributed by atoms with Crippen molar-refractivity contribution in [2.75, 3.05) is 0 Å². The molecule has 2 aromatic rings. The first-order chi connectivity index (χ1) is 7.65. The van der Waals surface area contributed by atoms with Crippen molar-refractivity contribution in [3.8, 4) is 0 Å². The van der Waals surface area contributed by atoms with Gasteiger partial charge in [0, 0.05) is 12.4 Å². The summed E-state index contributed by atoms with van der Waals surface area (Å²) in [5.41, 5.74) is 9.90. The van der Waals surface area contributed by atoms with Crippen LogP contribution in [0.1, 0.15) is 28.6 Å². The topological polar surface area (TPSA) is 54.7 Å². The number of nitrogens with one attached hydrogen (secondary N) is 1. The monoisotopic (exact) mass is 215 g/mol. The second-order valence-electron chi connectivity index (χ2n) is 4.28. The van der Waals surface area contributed by atoms with E-state index in [1.54, 1.807) is 12.4 Å². The highest BCUT2D eigenvalue weighted by molar-refractivity contribution is 5.29. The third-order valence-corrected chi connectivity index (χ3v) is 2.61. The van der Waals surface area contributed by atoms with Gasteiger partial charge in [-0.2, -0.15) is 0 Å². The SMILES string of the molecule is Cc1cc(C)cc(CC(N)c2ncc[nH]2)c1. The summed E-state index contributed by atoms with van der Waals surface area (Å²) in [6.07, 6.45) is 4.35. The van der Waals surface area contributed by atoms with Crippen molar-refractivity contribution >= 4 is 0 Å². The Morgan fingerprint density at radius 2 is 1.94 bits per heavy atom. The van der Waals surface area contributed by atoms with Crippen molar-refractivity contribution in [1.82, 2.24) is 9.97 Å². The molecule has 3 N–H and O–H groups in total. The molecule has 0 fully saturated rings. The lowest BCUT2D eigenvalue weighted by atomic mass is 10.0. The van der Waals surface area contributed by atoms with Crippen LogP contribution in [-0.4, -0.2) is 9.97 Å². The molecule has 1 atom stereocenters. The van der Waals surface area contributed by atoms with Crippen LogP contribution in [0.15, 0.2) is 30.6 Å². The van der Waals surface area contributed by atoms with E-state index in [9.17, 15) is 0 Å². The quantitative estimate of drug-likeness (QED) is 0.825. The number of nitrogens with two attached hydrogens (primary N) is 1. The van der Waals surface area contributed by atoms with E-state index >= 15 is 0 Å². The second kappa shape index (κ2) is 4.49. The number of rotatable bonds is 3. The molecule has 0 aliphatic carbocycles. The van der Waals surface area contributed by atoms with Crippen molar-refractivity contribution < 1.29 is 0 Å². The molecule has 0 bridgehead atoms. The Morgan fingerprint density at radius 3 is 2.50 bits per heavy atom. The van der Waals surface area contributed by atoms with Gasteiger partial charge in [0.2, 0.25) is 0 Å². The van der Waals surface area contributed by atoms with Gasteiger partial charge in [0.1, 0.15) is 5.82 Å². The van der Waals surface area contributed by atoms with Crippen LogP contribution in [0.3, 0.4) is 0 Å². The fourth-order valence-electron chi connectivity index (χ4n) is 2.02. The summed E-state index contributed by atoms with van der Waals surface area (Å²) in [4.78, 5) is 7.23. The van der Waals surface area contributed by atoms with Crippen LogP contribution >= 0.6 is 0 Å². The van der Waals surface area contributed by atoms with E-state index in [-0.39, 0.29) is 6.04 Å². The Kier molecular flexibility index (Phi) is 3.06. The Labute approximate surface area is 95.7 Å². The van der Waals surface area contributed by atoms with Gasteiger partial charge in [-0.1, -0.05) is 29.3 Å². The lowest BCUT2D eigenvalue weighted by Gasteiger charge is -2.10. The Balaban J connectivity index is 2.15. The molecule has 0 amide bonds. The normalized spacial score (nSPS) is 12.7. The third kappa shape index (κ3) is 2.49. The van der Waals surface area contributed by atoms with Crippen molar-refractivity contribution in [1.29, 1.82) is 0 Å². The maximum atomic E-state index is 6.08. The highest BCUT2D eigenvalue weighted by Crippen LogP contribution is 2.15. The van der Waals surface area contributed by atoms with Crippen molar-refractivity contribution in [2.45, 2.75) is 26.3 Å². The first-order valence-electron chi connectivity index (χ1n) is 5.47. The highest BCUT2D eigenvalue weighted by Gasteiger charge is 2.09. The number of imidazole rings is 1. The maximum Gasteiger partial charge on any atom is 0.123 e. The van der Waals surface area contributed by atoms with Gasteiger partial charge in [0.25, 0.3) is 0 Å². The fourth-order valence-corrected chi connectivity index (χ4v) is 2.02. The molecular weight excluding hydrogens is 198 g/mol. The van der Waals surface area contributed by atoms with Crippen LogP contribution < -0.4 is 5.73 Å². The summed E-state index contributed by atoms with van der Waals surface area (Å²) in [5.74, 6) is 0.846. The van der Waals surface area contributed by atoms with Crippen LogP contribution in [0.2, 0.25) is 0 Å². The van der Waals surface area contributed by atoms with Crippen molar-refractivity contribution in [2.24, 2.45) is 5.73 Å². The standard InChI is InChI=1S/C13H17N3/c1-9-5-10(2)7-11(6-9)8-12(14)13-15-3-4-16-13/h3-7,12H,8,14H2,1-2H3,(H,15,16). The van der Waals surface area contributed by atoms with E-state index in [2.05, 4.69) is 42.0 Å². The molecule has 0 radical (unpaired) electrons. The zero-order valence-corrected chi connectivity index (χ0v) is 9.70. The summed E-state index contributed by atoms with van der Waals surface area (Å²) in [7, 11) is 0. The summed E-state index contributed by atoms with van der Waals surface area (Å²) >= 11 is 0. The average Bonchev–Trinajstić information content (AvgIpc) is 2.68. The van der Waals surface area contributed by atoms with E-state index in [1.807, 2.05) is 0 Å². The molecule has 0 aliphatic heterocycles. The molecule has 1 heterocycles. The molecule has 1 aromatic heterocycles. The molecule has 0 saturated heterocycles. The molecule has 84 valence electrons. The van der Waals surface area contributed by atoms with Gasteiger partial charge >= 0.3 is 0 Å². The minimum atomic E-state index is -0.0591. The summed E-state index contributed by atoms with van der Waals surface area (Å²) in [5, 5.41) is 0. The van der Waals surface area contributed by atoms with Crippen LogP contribution in [0, 0.1) is 13.8 Å². The van der Waals surface area contributed by atoms with Gasteiger partial charge in [0.05, 0.1) is 6.04 Å². The second-order valence-corrected chi connectivity index (χ2v) is 4.28. The van der Waals surface area contributed by atoms with Gasteiger partial charge in [-0.3, -0.25) is 0 Å². The minimum absolute atomic E-state index is 0.0591. The number of aromatic amines is 1. The number of aryl methyl sites for hydroxylation is 2. The number of benzene rings is 1. The largest absolute Gasteiger partial charge is 0.347 e. The number of nitrogens with zero attached hydrogens (tertiary/aromatic N) is 1. The minimum Gasteiger partial charge on any atom is -0.347 e. The third-order valence-electron chi connectivity index (χ3n) is 2.61. The molecule has 0 spiro atoms. The van der Waals surface area contributed by atoms with E-state index in [0.717, 1.165) is 12.2 Å². The predicted molar refractivity (Wildman–Crippen MR) is 65.1 cm³/mol. The average molecular weight is 215 g/mol. The predicted octanol–water partition coefficient (Wildman–Crippen LogP) is 2.27. The molecule has 3 nitrogen and oxygen atoms in total.